The van der Waals surface area contributed by atoms with Crippen molar-refractivity contribution in [3.63, 3.8) is 0 Å². The second kappa shape index (κ2) is 13.2. The third-order valence-electron chi connectivity index (χ3n) is 7.60. The lowest BCUT2D eigenvalue weighted by Gasteiger charge is -2.34. The predicted octanol–water partition coefficient (Wildman–Crippen LogP) is 5.57. The molecule has 2 aromatic carbocycles. The number of nitrogens with zero attached hydrogens (tertiary/aromatic N) is 5. The number of piperazine rings is 1. The summed E-state index contributed by atoms with van der Waals surface area (Å²) >= 11 is 0. The maximum absolute atomic E-state index is 12.3. The van der Waals surface area contributed by atoms with Gasteiger partial charge in [-0.1, -0.05) is 18.2 Å². The van der Waals surface area contributed by atoms with Crippen molar-refractivity contribution >= 4 is 17.5 Å². The predicted molar refractivity (Wildman–Crippen MR) is 171 cm³/mol. The molecule has 2 aliphatic rings. The Morgan fingerprint density at radius 2 is 1.67 bits per heavy atom. The molecule has 0 atom stereocenters. The smallest absolute Gasteiger partial charge is 0.435 e. The Balaban J connectivity index is 1.04. The van der Waals surface area contributed by atoms with Crippen LogP contribution in [0.5, 0.6) is 17.4 Å². The van der Waals surface area contributed by atoms with E-state index in [-0.39, 0.29) is 0 Å². The number of nitrogens with one attached hydrogen (secondary N) is 1. The van der Waals surface area contributed by atoms with Crippen LogP contribution in [0.2, 0.25) is 0 Å². The minimum atomic E-state index is -0.556. The van der Waals surface area contributed by atoms with Crippen LogP contribution in [0.1, 0.15) is 31.9 Å². The molecule has 11 heteroatoms. The van der Waals surface area contributed by atoms with Crippen LogP contribution in [-0.4, -0.2) is 82.8 Å². The van der Waals surface area contributed by atoms with Gasteiger partial charge in [-0.15, -0.1) is 0 Å². The molecule has 4 aromatic rings. The number of benzene rings is 2. The van der Waals surface area contributed by atoms with E-state index >= 15 is 0 Å². The molecule has 1 fully saturated rings. The normalized spacial score (nSPS) is 15.5. The summed E-state index contributed by atoms with van der Waals surface area (Å²) in [6, 6.07) is 18.2. The highest BCUT2D eigenvalue weighted by Gasteiger charge is 2.22. The molecule has 0 bridgehead atoms. The molecule has 236 valence electrons. The number of ether oxygens (including phenoxy) is 4. The lowest BCUT2D eigenvalue weighted by Crippen LogP contribution is -2.45. The van der Waals surface area contributed by atoms with Gasteiger partial charge in [0, 0.05) is 62.3 Å². The summed E-state index contributed by atoms with van der Waals surface area (Å²) in [6.07, 6.45) is 3.04. The molecule has 0 amide bonds. The van der Waals surface area contributed by atoms with Crippen LogP contribution in [0.4, 0.5) is 16.2 Å². The third kappa shape index (κ3) is 7.55. The number of carbonyl (C=O) groups excluding carboxylic acids is 1. The van der Waals surface area contributed by atoms with E-state index in [9.17, 15) is 4.79 Å². The first-order valence-electron chi connectivity index (χ1n) is 15.3. The molecule has 1 saturated heterocycles. The van der Waals surface area contributed by atoms with Crippen molar-refractivity contribution in [2.24, 2.45) is 0 Å². The van der Waals surface area contributed by atoms with Crippen molar-refractivity contribution in [2.75, 3.05) is 51.8 Å². The van der Waals surface area contributed by atoms with Crippen LogP contribution in [0, 0.1) is 0 Å². The van der Waals surface area contributed by atoms with Gasteiger partial charge in [0.05, 0.1) is 19.0 Å². The number of hydrogen-bond acceptors (Lipinski definition) is 10. The van der Waals surface area contributed by atoms with E-state index in [2.05, 4.69) is 38.4 Å². The highest BCUT2D eigenvalue weighted by molar-refractivity contribution is 5.75. The van der Waals surface area contributed by atoms with Crippen molar-refractivity contribution in [3.05, 3.63) is 78.1 Å². The summed E-state index contributed by atoms with van der Waals surface area (Å²) in [6.45, 7) is 12.0. The minimum absolute atomic E-state index is 0.460. The van der Waals surface area contributed by atoms with Crippen molar-refractivity contribution in [1.82, 2.24) is 24.6 Å². The molecule has 4 heterocycles. The highest BCUT2D eigenvalue weighted by Crippen LogP contribution is 2.40. The molecule has 11 nitrogen and oxygen atoms in total. The molecule has 2 aliphatic heterocycles. The van der Waals surface area contributed by atoms with E-state index in [0.29, 0.717) is 24.8 Å². The van der Waals surface area contributed by atoms with Crippen molar-refractivity contribution in [3.8, 4) is 28.6 Å². The molecule has 0 radical (unpaired) electrons. The molecule has 0 saturated carbocycles. The number of fused-ring (bicyclic) bond motifs is 1. The van der Waals surface area contributed by atoms with E-state index in [4.69, 9.17) is 23.9 Å². The van der Waals surface area contributed by atoms with Gasteiger partial charge in [-0.2, -0.15) is 9.78 Å². The van der Waals surface area contributed by atoms with Gasteiger partial charge in [0.2, 0.25) is 5.88 Å². The fourth-order valence-corrected chi connectivity index (χ4v) is 5.49. The van der Waals surface area contributed by atoms with Crippen LogP contribution < -0.4 is 19.5 Å². The zero-order valence-electron chi connectivity index (χ0n) is 26.3. The van der Waals surface area contributed by atoms with Crippen molar-refractivity contribution < 1.29 is 23.7 Å². The van der Waals surface area contributed by atoms with E-state index in [1.807, 2.05) is 57.2 Å². The van der Waals surface area contributed by atoms with Crippen LogP contribution in [0.15, 0.2) is 67.0 Å². The van der Waals surface area contributed by atoms with Crippen LogP contribution in [0.3, 0.4) is 0 Å². The molecule has 1 N–H and O–H groups in total. The van der Waals surface area contributed by atoms with Crippen LogP contribution in [-0.2, 0) is 17.8 Å². The Hall–Kier alpha value is -4.61. The van der Waals surface area contributed by atoms with Crippen LogP contribution in [0.25, 0.3) is 11.3 Å². The van der Waals surface area contributed by atoms with Crippen molar-refractivity contribution in [1.29, 1.82) is 0 Å². The second-order valence-corrected chi connectivity index (χ2v) is 12.2. The first-order valence-corrected chi connectivity index (χ1v) is 15.3. The quantitative estimate of drug-likeness (QED) is 0.272. The molecule has 0 unspecified atom stereocenters. The number of aromatic nitrogens is 3. The largest absolute Gasteiger partial charge is 0.486 e. The first kappa shape index (κ1) is 30.4. The number of pyridine rings is 1. The Labute approximate surface area is 263 Å². The van der Waals surface area contributed by atoms with E-state index in [0.717, 1.165) is 73.2 Å². The van der Waals surface area contributed by atoms with E-state index < -0.39 is 11.7 Å². The molecule has 2 aromatic heterocycles. The lowest BCUT2D eigenvalue weighted by atomic mass is 10.1. The Kier molecular flexibility index (Phi) is 8.90. The Morgan fingerprint density at radius 3 is 2.42 bits per heavy atom. The maximum atomic E-state index is 12.3. The second-order valence-electron chi connectivity index (χ2n) is 12.2. The monoisotopic (exact) mass is 612 g/mol. The number of rotatable bonds is 8. The highest BCUT2D eigenvalue weighted by atomic mass is 16.6. The Morgan fingerprint density at radius 1 is 0.933 bits per heavy atom. The lowest BCUT2D eigenvalue weighted by molar-refractivity contribution is 0.0514. The van der Waals surface area contributed by atoms with Gasteiger partial charge >= 0.3 is 6.09 Å². The summed E-state index contributed by atoms with van der Waals surface area (Å²) < 4.78 is 24.0. The SMILES string of the molecule is COc1nc(-c2cccc3c2OCCO3)ccc1Nc1cccc(CN2CCN(Cc3cnn(C(=O)OC(C)(C)C)c3)CC2)c1. The average Bonchev–Trinajstić information content (AvgIpc) is 3.50. The molecule has 45 heavy (non-hydrogen) atoms. The van der Waals surface area contributed by atoms with Gasteiger partial charge in [-0.25, -0.2) is 9.78 Å². The molecular formula is C34H40N6O5. The average molecular weight is 613 g/mol. The zero-order chi connectivity index (χ0) is 31.4. The maximum Gasteiger partial charge on any atom is 0.435 e. The fraction of sp³-hybridized carbons (Fsp3) is 0.382. The van der Waals surface area contributed by atoms with Gasteiger partial charge in [0.25, 0.3) is 0 Å². The topological polar surface area (TPSA) is 103 Å². The summed E-state index contributed by atoms with van der Waals surface area (Å²) in [5.74, 6) is 1.94. The number of hydrogen-bond donors (Lipinski definition) is 1. The van der Waals surface area contributed by atoms with Gasteiger partial charge in [0.15, 0.2) is 11.5 Å². The molecule has 6 rings (SSSR count). The zero-order valence-corrected chi connectivity index (χ0v) is 26.3. The minimum Gasteiger partial charge on any atom is -0.486 e. The van der Waals surface area contributed by atoms with E-state index in [1.165, 1.54) is 10.2 Å². The van der Waals surface area contributed by atoms with Gasteiger partial charge in [-0.05, 0) is 62.7 Å². The summed E-state index contributed by atoms with van der Waals surface area (Å²) in [4.78, 5) is 21.9. The van der Waals surface area contributed by atoms with Gasteiger partial charge < -0.3 is 24.3 Å². The molecule has 0 aliphatic carbocycles. The number of anilines is 2. The van der Waals surface area contributed by atoms with E-state index in [1.54, 1.807) is 19.5 Å². The molecular weight excluding hydrogens is 572 g/mol. The number of methoxy groups -OCH3 is 1. The van der Waals surface area contributed by atoms with Crippen LogP contribution >= 0.6 is 0 Å². The third-order valence-corrected chi connectivity index (χ3v) is 7.60. The first-order chi connectivity index (χ1) is 21.7. The Bertz CT molecular complexity index is 1640. The molecule has 0 spiro atoms. The summed E-state index contributed by atoms with van der Waals surface area (Å²) in [7, 11) is 1.63. The standard InChI is InChI=1S/C34H40N6O5/c1-34(2,3)45-33(41)40-23-25(20-35-40)22-39-15-13-38(14-16-39)21-24-7-5-8-26(19-24)36-29-12-11-28(37-32(29)42-4)27-9-6-10-30-31(27)44-18-17-43-30/h5-12,19-20,23,36H,13-18,21-22H2,1-4H3. The number of para-hydroxylation sites is 1. The summed E-state index contributed by atoms with van der Waals surface area (Å²) in [5.41, 5.74) is 5.04. The fourth-order valence-electron chi connectivity index (χ4n) is 5.49. The summed E-state index contributed by atoms with van der Waals surface area (Å²) in [5, 5.41) is 7.68. The van der Waals surface area contributed by atoms with Gasteiger partial charge in [-0.3, -0.25) is 9.80 Å². The number of carbonyl (C=O) groups is 1. The van der Waals surface area contributed by atoms with Gasteiger partial charge in [0.1, 0.15) is 24.5 Å². The van der Waals surface area contributed by atoms with Crippen molar-refractivity contribution in [2.45, 2.75) is 39.5 Å².